The second-order valence-corrected chi connectivity index (χ2v) is 6.20. The molecule has 1 aromatic heterocycles. The van der Waals surface area contributed by atoms with Gasteiger partial charge in [0.2, 0.25) is 0 Å². The molecule has 0 spiro atoms. The van der Waals surface area contributed by atoms with Crippen molar-refractivity contribution in [2.75, 3.05) is 7.11 Å². The van der Waals surface area contributed by atoms with Crippen LogP contribution < -0.4 is 10.5 Å². The number of nitrogens with two attached hydrogens (primary N) is 1. The van der Waals surface area contributed by atoms with E-state index in [9.17, 15) is 0 Å². The van der Waals surface area contributed by atoms with E-state index < -0.39 is 5.54 Å². The van der Waals surface area contributed by atoms with Crippen LogP contribution in [0, 0.1) is 6.92 Å². The zero-order valence-corrected chi connectivity index (χ0v) is 13.7. The lowest BCUT2D eigenvalue weighted by atomic mass is 9.89. The Labute approximate surface area is 130 Å². The summed E-state index contributed by atoms with van der Waals surface area (Å²) in [6.45, 7) is 3.94. The van der Waals surface area contributed by atoms with Crippen molar-refractivity contribution in [1.82, 2.24) is 9.78 Å². The minimum atomic E-state index is -0.390. The summed E-state index contributed by atoms with van der Waals surface area (Å²) in [5.74, 6) is 0.850. The number of rotatable bonds is 5. The molecule has 1 aromatic carbocycles. The van der Waals surface area contributed by atoms with Crippen molar-refractivity contribution < 1.29 is 4.74 Å². The van der Waals surface area contributed by atoms with Crippen molar-refractivity contribution in [3.63, 3.8) is 0 Å². The fraction of sp³-hybridized carbons (Fsp3) is 0.438. The van der Waals surface area contributed by atoms with Crippen LogP contribution in [0.15, 0.2) is 24.3 Å². The Bertz CT molecular complexity index is 617. The van der Waals surface area contributed by atoms with Gasteiger partial charge in [0.1, 0.15) is 5.75 Å². The largest absolute Gasteiger partial charge is 0.497 e. The summed E-state index contributed by atoms with van der Waals surface area (Å²) in [5.41, 5.74) is 9.08. The van der Waals surface area contributed by atoms with Crippen LogP contribution in [0.3, 0.4) is 0 Å². The van der Waals surface area contributed by atoms with Gasteiger partial charge >= 0.3 is 0 Å². The van der Waals surface area contributed by atoms with E-state index in [-0.39, 0.29) is 0 Å². The summed E-state index contributed by atoms with van der Waals surface area (Å²) >= 11 is 6.31. The van der Waals surface area contributed by atoms with Gasteiger partial charge in [0.05, 0.1) is 23.5 Å². The Morgan fingerprint density at radius 1 is 1.29 bits per heavy atom. The third-order valence-corrected chi connectivity index (χ3v) is 4.09. The molecule has 0 aliphatic carbocycles. The molecule has 0 saturated heterocycles. The minimum Gasteiger partial charge on any atom is -0.497 e. The van der Waals surface area contributed by atoms with Crippen molar-refractivity contribution in [2.45, 2.75) is 32.2 Å². The zero-order valence-electron chi connectivity index (χ0n) is 13.0. The number of nitrogens with zero attached hydrogens (tertiary/aromatic N) is 2. The number of hydrogen-bond acceptors (Lipinski definition) is 3. The van der Waals surface area contributed by atoms with Gasteiger partial charge < -0.3 is 10.5 Å². The molecule has 0 aliphatic rings. The summed E-state index contributed by atoms with van der Waals surface area (Å²) in [4.78, 5) is 0. The van der Waals surface area contributed by atoms with Gasteiger partial charge in [0, 0.05) is 19.0 Å². The van der Waals surface area contributed by atoms with Crippen LogP contribution in [0.25, 0.3) is 0 Å². The predicted molar refractivity (Wildman–Crippen MR) is 85.9 cm³/mol. The standard InChI is InChI=1S/C16H22ClN3O/c1-11-15(17)14(20(3)19-11)10-16(2,18)9-12-5-7-13(21-4)8-6-12/h5-8H,9-10,18H2,1-4H3. The van der Waals surface area contributed by atoms with Gasteiger partial charge in [-0.15, -0.1) is 0 Å². The highest BCUT2D eigenvalue weighted by molar-refractivity contribution is 6.31. The normalized spacial score (nSPS) is 14.0. The predicted octanol–water partition coefficient (Wildman–Crippen LogP) is 2.89. The van der Waals surface area contributed by atoms with Gasteiger partial charge in [0.15, 0.2) is 0 Å². The molecule has 1 heterocycles. The molecular weight excluding hydrogens is 286 g/mol. The molecule has 1 atom stereocenters. The van der Waals surface area contributed by atoms with Gasteiger partial charge in [-0.25, -0.2) is 0 Å². The first kappa shape index (κ1) is 15.9. The van der Waals surface area contributed by atoms with Gasteiger partial charge in [-0.2, -0.15) is 5.10 Å². The fourth-order valence-electron chi connectivity index (χ4n) is 2.53. The molecule has 21 heavy (non-hydrogen) atoms. The highest BCUT2D eigenvalue weighted by Gasteiger charge is 2.24. The van der Waals surface area contributed by atoms with Crippen LogP contribution in [0.5, 0.6) is 5.75 Å². The molecule has 1 unspecified atom stereocenters. The minimum absolute atomic E-state index is 0.390. The summed E-state index contributed by atoms with van der Waals surface area (Å²) in [6.07, 6.45) is 1.44. The lowest BCUT2D eigenvalue weighted by Gasteiger charge is -2.25. The number of aryl methyl sites for hydroxylation is 2. The first-order valence-electron chi connectivity index (χ1n) is 6.92. The molecule has 0 amide bonds. The van der Waals surface area contributed by atoms with Crippen LogP contribution >= 0.6 is 11.6 Å². The van der Waals surface area contributed by atoms with E-state index >= 15 is 0 Å². The summed E-state index contributed by atoms with van der Waals surface area (Å²) < 4.78 is 6.99. The van der Waals surface area contributed by atoms with E-state index in [0.717, 1.165) is 23.6 Å². The van der Waals surface area contributed by atoms with Crippen molar-refractivity contribution in [3.8, 4) is 5.75 Å². The van der Waals surface area contributed by atoms with Gasteiger partial charge in [-0.3, -0.25) is 4.68 Å². The Balaban J connectivity index is 2.13. The molecule has 5 heteroatoms. The van der Waals surface area contributed by atoms with E-state index in [2.05, 4.69) is 5.10 Å². The molecule has 0 saturated carbocycles. The monoisotopic (exact) mass is 307 g/mol. The lowest BCUT2D eigenvalue weighted by molar-refractivity contribution is 0.413. The first-order chi connectivity index (χ1) is 9.82. The topological polar surface area (TPSA) is 53.1 Å². The van der Waals surface area contributed by atoms with Crippen LogP contribution in [-0.4, -0.2) is 22.4 Å². The Hall–Kier alpha value is -1.52. The maximum absolute atomic E-state index is 6.47. The van der Waals surface area contributed by atoms with Gasteiger partial charge in [-0.1, -0.05) is 23.7 Å². The van der Waals surface area contributed by atoms with Crippen LogP contribution in [-0.2, 0) is 19.9 Å². The van der Waals surface area contributed by atoms with Crippen LogP contribution in [0.2, 0.25) is 5.02 Å². The molecule has 4 nitrogen and oxygen atoms in total. The van der Waals surface area contributed by atoms with E-state index in [1.807, 2.05) is 49.8 Å². The molecule has 2 rings (SSSR count). The van der Waals surface area contributed by atoms with Crippen molar-refractivity contribution in [3.05, 3.63) is 46.2 Å². The quantitative estimate of drug-likeness (QED) is 0.924. The molecule has 114 valence electrons. The Morgan fingerprint density at radius 2 is 1.90 bits per heavy atom. The van der Waals surface area contributed by atoms with Crippen molar-refractivity contribution >= 4 is 11.6 Å². The van der Waals surface area contributed by atoms with E-state index in [0.29, 0.717) is 11.4 Å². The highest BCUT2D eigenvalue weighted by atomic mass is 35.5. The highest BCUT2D eigenvalue weighted by Crippen LogP contribution is 2.25. The smallest absolute Gasteiger partial charge is 0.118 e. The lowest BCUT2D eigenvalue weighted by Crippen LogP contribution is -2.41. The summed E-state index contributed by atoms with van der Waals surface area (Å²) in [5, 5.41) is 5.05. The maximum Gasteiger partial charge on any atom is 0.118 e. The summed E-state index contributed by atoms with van der Waals surface area (Å²) in [7, 11) is 3.56. The Morgan fingerprint density at radius 3 is 2.38 bits per heavy atom. The molecule has 0 bridgehead atoms. The second kappa shape index (κ2) is 6.08. The number of hydrogen-bond donors (Lipinski definition) is 1. The molecule has 2 aromatic rings. The second-order valence-electron chi connectivity index (χ2n) is 5.83. The molecule has 0 radical (unpaired) electrons. The maximum atomic E-state index is 6.47. The average molecular weight is 308 g/mol. The van der Waals surface area contributed by atoms with Crippen LogP contribution in [0.4, 0.5) is 0 Å². The molecule has 0 aliphatic heterocycles. The molecule has 2 N–H and O–H groups in total. The SMILES string of the molecule is COc1ccc(CC(C)(N)Cc2c(Cl)c(C)nn2C)cc1. The number of methoxy groups -OCH3 is 1. The van der Waals surface area contributed by atoms with Crippen LogP contribution in [0.1, 0.15) is 23.9 Å². The van der Waals surface area contributed by atoms with Gasteiger partial charge in [-0.05, 0) is 38.0 Å². The van der Waals surface area contributed by atoms with Crippen molar-refractivity contribution in [1.29, 1.82) is 0 Å². The summed E-state index contributed by atoms with van der Waals surface area (Å²) in [6, 6.07) is 7.99. The van der Waals surface area contributed by atoms with Crippen molar-refractivity contribution in [2.24, 2.45) is 12.8 Å². The molecular formula is C16H22ClN3O. The number of halogens is 1. The number of aromatic nitrogens is 2. The Kier molecular flexibility index (Phi) is 4.59. The van der Waals surface area contributed by atoms with E-state index in [4.69, 9.17) is 22.1 Å². The first-order valence-corrected chi connectivity index (χ1v) is 7.30. The fourth-order valence-corrected chi connectivity index (χ4v) is 2.75. The van der Waals surface area contributed by atoms with E-state index in [1.165, 1.54) is 5.56 Å². The molecule has 0 fully saturated rings. The number of ether oxygens (including phenoxy) is 1. The van der Waals surface area contributed by atoms with E-state index in [1.54, 1.807) is 7.11 Å². The average Bonchev–Trinajstić information content (AvgIpc) is 2.65. The van der Waals surface area contributed by atoms with Gasteiger partial charge in [0.25, 0.3) is 0 Å². The number of benzene rings is 1. The third kappa shape index (κ3) is 3.77. The zero-order chi connectivity index (χ0) is 15.6. The third-order valence-electron chi connectivity index (χ3n) is 3.60.